The van der Waals surface area contributed by atoms with Crippen LogP contribution in [0, 0.1) is 18.2 Å². The molecule has 6 heteroatoms. The SMILES string of the molecule is Cc1cccc(N2CC[C@]3(CCC[C@@H](NC(=O)c4cccc(F)c4)C3)C2=O)n1. The van der Waals surface area contributed by atoms with E-state index in [1.165, 1.54) is 18.2 Å². The number of carbonyl (C=O) groups is 2. The Labute approximate surface area is 164 Å². The summed E-state index contributed by atoms with van der Waals surface area (Å²) < 4.78 is 13.4. The minimum absolute atomic E-state index is 0.0844. The Hall–Kier alpha value is -2.76. The van der Waals surface area contributed by atoms with Crippen molar-refractivity contribution in [2.45, 2.75) is 45.1 Å². The molecule has 146 valence electrons. The van der Waals surface area contributed by atoms with E-state index in [9.17, 15) is 14.0 Å². The molecule has 1 N–H and O–H groups in total. The van der Waals surface area contributed by atoms with Crippen LogP contribution >= 0.6 is 0 Å². The van der Waals surface area contributed by atoms with Gasteiger partial charge in [-0.2, -0.15) is 0 Å². The van der Waals surface area contributed by atoms with Crippen molar-refractivity contribution < 1.29 is 14.0 Å². The van der Waals surface area contributed by atoms with Crippen LogP contribution in [-0.2, 0) is 4.79 Å². The predicted octanol–water partition coefficient (Wildman–Crippen LogP) is 3.62. The van der Waals surface area contributed by atoms with Crippen molar-refractivity contribution in [2.75, 3.05) is 11.4 Å². The lowest BCUT2D eigenvalue weighted by atomic mass is 9.71. The highest BCUT2D eigenvalue weighted by Crippen LogP contribution is 2.45. The fraction of sp³-hybridized carbons (Fsp3) is 0.409. The molecule has 4 rings (SSSR count). The van der Waals surface area contributed by atoms with Crippen LogP contribution in [-0.4, -0.2) is 29.4 Å². The fourth-order valence-electron chi connectivity index (χ4n) is 4.52. The molecule has 1 saturated heterocycles. The number of rotatable bonds is 3. The maximum Gasteiger partial charge on any atom is 0.251 e. The summed E-state index contributed by atoms with van der Waals surface area (Å²) >= 11 is 0. The minimum Gasteiger partial charge on any atom is -0.349 e. The van der Waals surface area contributed by atoms with E-state index in [1.54, 1.807) is 11.0 Å². The zero-order valence-corrected chi connectivity index (χ0v) is 16.0. The highest BCUT2D eigenvalue weighted by Gasteiger charge is 2.50. The molecule has 2 atom stereocenters. The van der Waals surface area contributed by atoms with Crippen LogP contribution in [0.4, 0.5) is 10.2 Å². The number of aromatic nitrogens is 1. The average molecular weight is 381 g/mol. The van der Waals surface area contributed by atoms with Gasteiger partial charge >= 0.3 is 0 Å². The van der Waals surface area contributed by atoms with Gasteiger partial charge in [0, 0.05) is 23.8 Å². The summed E-state index contributed by atoms with van der Waals surface area (Å²) in [7, 11) is 0. The molecule has 0 unspecified atom stereocenters. The monoisotopic (exact) mass is 381 g/mol. The number of carbonyl (C=O) groups excluding carboxylic acids is 2. The molecule has 1 aromatic heterocycles. The first-order valence-electron chi connectivity index (χ1n) is 9.79. The van der Waals surface area contributed by atoms with Crippen LogP contribution in [0.3, 0.4) is 0 Å². The van der Waals surface area contributed by atoms with Gasteiger partial charge in [-0.05, 0) is 62.9 Å². The van der Waals surface area contributed by atoms with Crippen molar-refractivity contribution in [1.29, 1.82) is 0 Å². The first kappa shape index (κ1) is 18.6. The number of nitrogens with one attached hydrogen (secondary N) is 1. The summed E-state index contributed by atoms with van der Waals surface area (Å²) in [6, 6.07) is 11.3. The standard InChI is InChI=1S/C22H24FN3O2/c1-15-5-2-9-19(24-15)26-12-11-22(21(26)28)10-4-8-18(14-22)25-20(27)16-6-3-7-17(23)13-16/h2-3,5-7,9,13,18H,4,8,10-12,14H2,1H3,(H,25,27)/t18-,22+/m1/s1. The molecule has 2 aliphatic rings. The summed E-state index contributed by atoms with van der Waals surface area (Å²) in [6.45, 7) is 2.57. The largest absolute Gasteiger partial charge is 0.349 e. The van der Waals surface area contributed by atoms with Crippen molar-refractivity contribution in [3.05, 3.63) is 59.5 Å². The zero-order valence-electron chi connectivity index (χ0n) is 16.0. The zero-order chi connectivity index (χ0) is 19.7. The number of hydrogen-bond donors (Lipinski definition) is 1. The van der Waals surface area contributed by atoms with E-state index in [2.05, 4.69) is 10.3 Å². The molecule has 28 heavy (non-hydrogen) atoms. The molecule has 2 fully saturated rings. The maximum atomic E-state index is 13.4. The number of nitrogens with zero attached hydrogens (tertiary/aromatic N) is 2. The number of pyridine rings is 1. The second-order valence-corrected chi connectivity index (χ2v) is 7.90. The van der Waals surface area contributed by atoms with Crippen LogP contribution in [0.1, 0.15) is 48.2 Å². The van der Waals surface area contributed by atoms with Crippen molar-refractivity contribution in [3.8, 4) is 0 Å². The van der Waals surface area contributed by atoms with E-state index in [-0.39, 0.29) is 17.9 Å². The Morgan fingerprint density at radius 2 is 2.07 bits per heavy atom. The smallest absolute Gasteiger partial charge is 0.251 e. The van der Waals surface area contributed by atoms with Crippen molar-refractivity contribution in [2.24, 2.45) is 5.41 Å². The van der Waals surface area contributed by atoms with Crippen LogP contribution in [0.25, 0.3) is 0 Å². The molecule has 1 spiro atoms. The molecule has 1 aliphatic carbocycles. The molecule has 0 radical (unpaired) electrons. The van der Waals surface area contributed by atoms with Crippen LogP contribution in [0.2, 0.25) is 0 Å². The predicted molar refractivity (Wildman–Crippen MR) is 104 cm³/mol. The number of aryl methyl sites for hydroxylation is 1. The summed E-state index contributed by atoms with van der Waals surface area (Å²) in [6.07, 6.45) is 3.94. The first-order chi connectivity index (χ1) is 13.5. The van der Waals surface area contributed by atoms with Gasteiger partial charge in [0.2, 0.25) is 5.91 Å². The maximum absolute atomic E-state index is 13.4. The van der Waals surface area contributed by atoms with Crippen molar-refractivity contribution >= 4 is 17.6 Å². The first-order valence-corrected chi connectivity index (χ1v) is 9.79. The van der Waals surface area contributed by atoms with E-state index < -0.39 is 11.2 Å². The van der Waals surface area contributed by atoms with Gasteiger partial charge in [-0.1, -0.05) is 18.6 Å². The van der Waals surface area contributed by atoms with Crippen molar-refractivity contribution in [3.63, 3.8) is 0 Å². The van der Waals surface area contributed by atoms with Gasteiger partial charge in [0.25, 0.3) is 5.91 Å². The lowest BCUT2D eigenvalue weighted by Crippen LogP contribution is -2.46. The van der Waals surface area contributed by atoms with Gasteiger partial charge in [-0.15, -0.1) is 0 Å². The lowest BCUT2D eigenvalue weighted by Gasteiger charge is -2.36. The molecule has 0 bridgehead atoms. The van der Waals surface area contributed by atoms with E-state index in [0.717, 1.165) is 31.4 Å². The Bertz CT molecular complexity index is 916. The number of amides is 2. The Balaban J connectivity index is 1.47. The third kappa shape index (κ3) is 3.51. The highest BCUT2D eigenvalue weighted by molar-refractivity contribution is 5.99. The van der Waals surface area contributed by atoms with Gasteiger partial charge in [0.1, 0.15) is 11.6 Å². The second kappa shape index (κ2) is 7.34. The third-order valence-corrected chi connectivity index (χ3v) is 5.93. The van der Waals surface area contributed by atoms with Gasteiger partial charge in [-0.25, -0.2) is 9.37 Å². The summed E-state index contributed by atoms with van der Waals surface area (Å²) in [5.74, 6) is 0.0901. The summed E-state index contributed by atoms with van der Waals surface area (Å²) in [5.41, 5.74) is 0.752. The molecule has 2 aromatic rings. The summed E-state index contributed by atoms with van der Waals surface area (Å²) in [5, 5.41) is 3.01. The van der Waals surface area contributed by atoms with Crippen LogP contribution < -0.4 is 10.2 Å². The molecule has 1 saturated carbocycles. The van der Waals surface area contributed by atoms with Gasteiger partial charge in [0.05, 0.1) is 5.41 Å². The van der Waals surface area contributed by atoms with Crippen LogP contribution in [0.15, 0.2) is 42.5 Å². The third-order valence-electron chi connectivity index (χ3n) is 5.93. The fourth-order valence-corrected chi connectivity index (χ4v) is 4.52. The van der Waals surface area contributed by atoms with Gasteiger partial charge in [-0.3, -0.25) is 14.5 Å². The summed E-state index contributed by atoms with van der Waals surface area (Å²) in [4.78, 5) is 32.0. The normalized spacial score (nSPS) is 24.6. The topological polar surface area (TPSA) is 62.3 Å². The average Bonchev–Trinajstić information content (AvgIpc) is 2.97. The van der Waals surface area contributed by atoms with E-state index in [4.69, 9.17) is 0 Å². The quantitative estimate of drug-likeness (QED) is 0.883. The Kier molecular flexibility index (Phi) is 4.87. The lowest BCUT2D eigenvalue weighted by molar-refractivity contribution is -0.127. The van der Waals surface area contributed by atoms with E-state index in [1.807, 2.05) is 25.1 Å². The Morgan fingerprint density at radius 3 is 2.86 bits per heavy atom. The van der Waals surface area contributed by atoms with Crippen LogP contribution in [0.5, 0.6) is 0 Å². The molecule has 1 aromatic carbocycles. The minimum atomic E-state index is -0.441. The highest BCUT2D eigenvalue weighted by atomic mass is 19.1. The number of halogens is 1. The number of anilines is 1. The molecule has 1 aliphatic heterocycles. The number of hydrogen-bond acceptors (Lipinski definition) is 3. The van der Waals surface area contributed by atoms with Gasteiger partial charge < -0.3 is 5.32 Å². The van der Waals surface area contributed by atoms with E-state index >= 15 is 0 Å². The molecular weight excluding hydrogens is 357 g/mol. The van der Waals surface area contributed by atoms with Crippen molar-refractivity contribution in [1.82, 2.24) is 10.3 Å². The molecular formula is C22H24FN3O2. The second-order valence-electron chi connectivity index (χ2n) is 7.90. The number of benzene rings is 1. The van der Waals surface area contributed by atoms with E-state index in [0.29, 0.717) is 24.3 Å². The molecule has 2 heterocycles. The molecule has 2 amide bonds. The Morgan fingerprint density at radius 1 is 1.25 bits per heavy atom. The van der Waals surface area contributed by atoms with Gasteiger partial charge in [0.15, 0.2) is 0 Å². The molecule has 5 nitrogen and oxygen atoms in total.